The van der Waals surface area contributed by atoms with Crippen LogP contribution in [0.5, 0.6) is 0 Å². The average Bonchev–Trinajstić information content (AvgIpc) is 2.06. The summed E-state index contributed by atoms with van der Waals surface area (Å²) in [6.07, 6.45) is 2.93. The molecule has 0 aliphatic carbocycles. The van der Waals surface area contributed by atoms with Crippen LogP contribution in [-0.2, 0) is 33.9 Å². The van der Waals surface area contributed by atoms with Crippen molar-refractivity contribution in [1.29, 1.82) is 0 Å². The first kappa shape index (κ1) is 14.9. The van der Waals surface area contributed by atoms with Crippen LogP contribution in [0.1, 0.15) is 33.6 Å². The van der Waals surface area contributed by atoms with Crippen LogP contribution in [-0.4, -0.2) is 11.5 Å². The second kappa shape index (κ2) is 8.07. The third kappa shape index (κ3) is 7.75. The Morgan fingerprint density at radius 1 is 1.15 bits per heavy atom. The normalized spacial score (nSPS) is 18.5. The van der Waals surface area contributed by atoms with Crippen molar-refractivity contribution in [2.45, 2.75) is 33.6 Å². The molecular weight excluding hydrogens is 412 g/mol. The van der Waals surface area contributed by atoms with Crippen LogP contribution in [0.15, 0.2) is 0 Å². The number of thiol groups is 1. The monoisotopic (exact) mass is 431 g/mol. The first-order valence-corrected chi connectivity index (χ1v) is 19.6. The van der Waals surface area contributed by atoms with Gasteiger partial charge >= 0.3 is 38.6 Å². The third-order valence-electron chi connectivity index (χ3n) is 2.50. The van der Waals surface area contributed by atoms with Crippen molar-refractivity contribution >= 4 is 28.3 Å². The predicted octanol–water partition coefficient (Wildman–Crippen LogP) is 3.63. The first-order valence-electron chi connectivity index (χ1n) is 4.77. The van der Waals surface area contributed by atoms with Gasteiger partial charge in [0, 0.05) is 0 Å². The molecule has 1 saturated heterocycles. The maximum atomic E-state index is 4.99. The molecule has 76 valence electrons. The zero-order valence-corrected chi connectivity index (χ0v) is 16.7. The molecular formula is C9H19Cl2HgS+. The summed E-state index contributed by atoms with van der Waals surface area (Å²) in [5.41, 5.74) is 0.565. The van der Waals surface area contributed by atoms with Gasteiger partial charge in [0.15, 0.2) is 0 Å². The quantitative estimate of drug-likeness (QED) is 0.313. The van der Waals surface area contributed by atoms with E-state index in [1.165, 1.54) is 24.3 Å². The summed E-state index contributed by atoms with van der Waals surface area (Å²) in [5, 5.41) is 0. The standard InChI is InChI=1S/C9H18S.2ClH.Hg/c1-9(2,3)8-4-6-10-7-5-8;;;/h8H,4-7H2,1-3H3;2*1H;/q;;;+2/p-1. The Morgan fingerprint density at radius 2 is 1.54 bits per heavy atom. The Balaban J connectivity index is 0.000000424. The van der Waals surface area contributed by atoms with E-state index in [0.717, 1.165) is 5.92 Å². The molecule has 0 aromatic heterocycles. The van der Waals surface area contributed by atoms with Crippen molar-refractivity contribution in [3.8, 4) is 0 Å². The molecule has 0 spiro atoms. The van der Waals surface area contributed by atoms with Gasteiger partial charge in [0.25, 0.3) is 0 Å². The van der Waals surface area contributed by atoms with Gasteiger partial charge in [0.2, 0.25) is 0 Å². The molecule has 13 heavy (non-hydrogen) atoms. The maximum absolute atomic E-state index is 4.99. The van der Waals surface area contributed by atoms with Crippen molar-refractivity contribution in [3.63, 3.8) is 0 Å². The topological polar surface area (TPSA) is 0 Å². The van der Waals surface area contributed by atoms with Gasteiger partial charge in [-0.1, -0.05) is 20.8 Å². The van der Waals surface area contributed by atoms with E-state index in [1.807, 2.05) is 0 Å². The zero-order chi connectivity index (χ0) is 10.3. The van der Waals surface area contributed by atoms with E-state index in [4.69, 9.17) is 16.5 Å². The number of rotatable bonds is 0. The molecule has 0 atom stereocenters. The minimum atomic E-state index is -1.14. The van der Waals surface area contributed by atoms with Crippen LogP contribution < -0.4 is 0 Å². The van der Waals surface area contributed by atoms with Crippen LogP contribution in [0.4, 0.5) is 0 Å². The Hall–Kier alpha value is 1.87. The first-order chi connectivity index (χ1) is 6.02. The van der Waals surface area contributed by atoms with Crippen LogP contribution >= 0.6 is 16.5 Å². The molecule has 0 N–H and O–H groups in total. The molecule has 1 aliphatic heterocycles. The van der Waals surface area contributed by atoms with Crippen LogP contribution in [0.2, 0.25) is 0 Å². The number of hydrogen-bond donors (Lipinski definition) is 0. The number of hydrogen-bond acceptors (Lipinski definition) is 0. The molecule has 0 saturated carbocycles. The molecule has 1 fully saturated rings. The third-order valence-corrected chi connectivity index (χ3v) is 3.64. The van der Waals surface area contributed by atoms with Crippen LogP contribution in [0.25, 0.3) is 0 Å². The Kier molecular flexibility index (Phi) is 9.23. The Labute approximate surface area is 106 Å². The second-order valence-electron chi connectivity index (χ2n) is 4.41. The molecule has 1 heterocycles. The molecule has 0 aromatic rings. The van der Waals surface area contributed by atoms with Crippen molar-refractivity contribution in [3.05, 3.63) is 0 Å². The zero-order valence-electron chi connectivity index (χ0n) is 8.82. The fourth-order valence-corrected chi connectivity index (χ4v) is 2.83. The van der Waals surface area contributed by atoms with Gasteiger partial charge in [-0.25, -0.2) is 0 Å². The summed E-state index contributed by atoms with van der Waals surface area (Å²) in [5.74, 6) is 3.89. The SMILES string of the molecule is CC(C)(C)C1CC[SH+]CC1.[Cl][Hg][Cl]. The van der Waals surface area contributed by atoms with E-state index < -0.39 is 22.1 Å². The van der Waals surface area contributed by atoms with Gasteiger partial charge in [-0.3, -0.25) is 0 Å². The van der Waals surface area contributed by atoms with E-state index in [1.54, 1.807) is 11.8 Å². The van der Waals surface area contributed by atoms with Crippen molar-refractivity contribution < 1.29 is 22.1 Å². The molecule has 0 amide bonds. The summed E-state index contributed by atoms with van der Waals surface area (Å²) < 4.78 is 0. The molecule has 1 aliphatic rings. The van der Waals surface area contributed by atoms with Crippen molar-refractivity contribution in [1.82, 2.24) is 0 Å². The number of halogens is 2. The van der Waals surface area contributed by atoms with Crippen molar-refractivity contribution in [2.24, 2.45) is 11.3 Å². The van der Waals surface area contributed by atoms with Gasteiger partial charge in [-0.2, -0.15) is 0 Å². The summed E-state index contributed by atoms with van der Waals surface area (Å²) in [7, 11) is 9.97. The fraction of sp³-hybridized carbons (Fsp3) is 1.00. The van der Waals surface area contributed by atoms with Gasteiger partial charge in [-0.15, -0.1) is 0 Å². The summed E-state index contributed by atoms with van der Waals surface area (Å²) in [6.45, 7) is 7.12. The second-order valence-corrected chi connectivity index (χ2v) is 13.6. The van der Waals surface area contributed by atoms with Crippen molar-refractivity contribution in [2.75, 3.05) is 11.5 Å². The van der Waals surface area contributed by atoms with Crippen LogP contribution in [0.3, 0.4) is 0 Å². The summed E-state index contributed by atoms with van der Waals surface area (Å²) >= 11 is 0.552. The summed E-state index contributed by atoms with van der Waals surface area (Å²) in [6, 6.07) is 0. The summed E-state index contributed by atoms with van der Waals surface area (Å²) in [4.78, 5) is 0. The van der Waals surface area contributed by atoms with Crippen LogP contribution in [0, 0.1) is 11.3 Å². The average molecular weight is 431 g/mol. The molecule has 0 radical (unpaired) electrons. The molecule has 0 aromatic carbocycles. The van der Waals surface area contributed by atoms with E-state index in [0.29, 0.717) is 5.41 Å². The molecule has 0 bridgehead atoms. The van der Waals surface area contributed by atoms with Gasteiger partial charge in [0.05, 0.1) is 0 Å². The van der Waals surface area contributed by atoms with E-state index >= 15 is 0 Å². The van der Waals surface area contributed by atoms with E-state index in [-0.39, 0.29) is 0 Å². The van der Waals surface area contributed by atoms with Gasteiger partial charge in [-0.05, 0) is 35.9 Å². The fourth-order valence-electron chi connectivity index (χ4n) is 1.62. The molecule has 4 heteroatoms. The molecule has 0 unspecified atom stereocenters. The Morgan fingerprint density at radius 3 is 1.77 bits per heavy atom. The Bertz CT molecular complexity index is 119. The molecule has 1 rings (SSSR count). The van der Waals surface area contributed by atoms with E-state index in [2.05, 4.69) is 20.8 Å². The minimum absolute atomic E-state index is 0.565. The van der Waals surface area contributed by atoms with Gasteiger partial charge in [0.1, 0.15) is 11.5 Å². The molecule has 0 nitrogen and oxygen atoms in total. The predicted molar refractivity (Wildman–Crippen MR) is 62.4 cm³/mol. The van der Waals surface area contributed by atoms with Gasteiger partial charge < -0.3 is 0 Å². The van der Waals surface area contributed by atoms with E-state index in [9.17, 15) is 0 Å².